The Morgan fingerprint density at radius 2 is 2.00 bits per heavy atom. The van der Waals surface area contributed by atoms with Crippen LogP contribution < -0.4 is 16.0 Å². The smallest absolute Gasteiger partial charge is 0.222 e. The Kier molecular flexibility index (Phi) is 12.4. The minimum absolute atomic E-state index is 0. The molecule has 1 aliphatic carbocycles. The number of nitrogens with one attached hydrogen (secondary N) is 3. The fraction of sp³-hybridized carbons (Fsp3) is 0.733. The summed E-state index contributed by atoms with van der Waals surface area (Å²) in [5.74, 6) is 0.845. The topological polar surface area (TPSA) is 65.5 Å². The van der Waals surface area contributed by atoms with Gasteiger partial charge in [0.05, 0.1) is 6.54 Å². The number of carbonyl (C=O) groups is 1. The monoisotopic (exact) mass is 408 g/mol. The van der Waals surface area contributed by atoms with Crippen LogP contribution in [-0.4, -0.2) is 37.5 Å². The molecule has 0 atom stereocenters. The lowest BCUT2D eigenvalue weighted by Crippen LogP contribution is -2.38. The molecule has 21 heavy (non-hydrogen) atoms. The Labute approximate surface area is 145 Å². The van der Waals surface area contributed by atoms with E-state index in [9.17, 15) is 4.79 Å². The molecule has 1 fully saturated rings. The number of halogens is 1. The van der Waals surface area contributed by atoms with E-state index in [2.05, 4.69) is 27.5 Å². The molecule has 0 aromatic carbocycles. The van der Waals surface area contributed by atoms with Crippen LogP contribution in [0.5, 0.6) is 0 Å². The van der Waals surface area contributed by atoms with Crippen LogP contribution in [0.4, 0.5) is 0 Å². The van der Waals surface area contributed by atoms with E-state index in [0.29, 0.717) is 25.6 Å². The molecule has 1 amide bonds. The van der Waals surface area contributed by atoms with Gasteiger partial charge in [-0.3, -0.25) is 9.79 Å². The summed E-state index contributed by atoms with van der Waals surface area (Å²) in [7, 11) is 0. The Bertz CT molecular complexity index is 328. The average Bonchev–Trinajstić information content (AvgIpc) is 2.45. The maximum Gasteiger partial charge on any atom is 0.222 e. The van der Waals surface area contributed by atoms with E-state index in [4.69, 9.17) is 0 Å². The van der Waals surface area contributed by atoms with Gasteiger partial charge in [0.25, 0.3) is 0 Å². The highest BCUT2D eigenvalue weighted by Crippen LogP contribution is 2.17. The van der Waals surface area contributed by atoms with Crippen molar-refractivity contribution in [2.45, 2.75) is 51.5 Å². The summed E-state index contributed by atoms with van der Waals surface area (Å²) in [5.41, 5.74) is 0. The SMILES string of the molecule is C=CCNC(=NCCC(=O)NC1CCCCC1)NCC.I. The average molecular weight is 408 g/mol. The molecule has 0 heterocycles. The third kappa shape index (κ3) is 9.71. The molecule has 3 N–H and O–H groups in total. The van der Waals surface area contributed by atoms with Gasteiger partial charge in [-0.2, -0.15) is 0 Å². The first kappa shape index (κ1) is 20.2. The van der Waals surface area contributed by atoms with Crippen molar-refractivity contribution in [1.82, 2.24) is 16.0 Å². The van der Waals surface area contributed by atoms with Crippen molar-refractivity contribution in [3.63, 3.8) is 0 Å². The summed E-state index contributed by atoms with van der Waals surface area (Å²) in [4.78, 5) is 16.2. The van der Waals surface area contributed by atoms with Crippen LogP contribution in [0.1, 0.15) is 45.4 Å². The van der Waals surface area contributed by atoms with Crippen molar-refractivity contribution in [3.05, 3.63) is 12.7 Å². The zero-order valence-electron chi connectivity index (χ0n) is 13.0. The first-order valence-corrected chi connectivity index (χ1v) is 7.68. The van der Waals surface area contributed by atoms with Gasteiger partial charge in [0, 0.05) is 25.6 Å². The maximum atomic E-state index is 11.8. The molecule has 5 nitrogen and oxygen atoms in total. The van der Waals surface area contributed by atoms with Gasteiger partial charge < -0.3 is 16.0 Å². The highest BCUT2D eigenvalue weighted by molar-refractivity contribution is 14.0. The van der Waals surface area contributed by atoms with Crippen molar-refractivity contribution in [3.8, 4) is 0 Å². The predicted molar refractivity (Wildman–Crippen MR) is 99.2 cm³/mol. The molecule has 122 valence electrons. The molecule has 0 aliphatic heterocycles. The molecule has 0 saturated heterocycles. The minimum Gasteiger partial charge on any atom is -0.357 e. The van der Waals surface area contributed by atoms with Crippen LogP contribution in [0.2, 0.25) is 0 Å². The van der Waals surface area contributed by atoms with Gasteiger partial charge in [-0.25, -0.2) is 0 Å². The number of amides is 1. The number of nitrogens with zero attached hydrogens (tertiary/aromatic N) is 1. The lowest BCUT2D eigenvalue weighted by atomic mass is 9.95. The van der Waals surface area contributed by atoms with Gasteiger partial charge in [-0.15, -0.1) is 30.6 Å². The second-order valence-electron chi connectivity index (χ2n) is 5.08. The highest BCUT2D eigenvalue weighted by Gasteiger charge is 2.15. The third-order valence-electron chi connectivity index (χ3n) is 3.34. The maximum absolute atomic E-state index is 11.8. The van der Waals surface area contributed by atoms with Gasteiger partial charge in [-0.1, -0.05) is 25.3 Å². The molecule has 0 spiro atoms. The van der Waals surface area contributed by atoms with Crippen LogP contribution in [0.3, 0.4) is 0 Å². The zero-order chi connectivity index (χ0) is 14.6. The van der Waals surface area contributed by atoms with Crippen LogP contribution in [0.15, 0.2) is 17.6 Å². The predicted octanol–water partition coefficient (Wildman–Crippen LogP) is 2.18. The van der Waals surface area contributed by atoms with Crippen molar-refractivity contribution < 1.29 is 4.79 Å². The molecular weight excluding hydrogens is 379 g/mol. The van der Waals surface area contributed by atoms with E-state index >= 15 is 0 Å². The summed E-state index contributed by atoms with van der Waals surface area (Å²) >= 11 is 0. The fourth-order valence-corrected chi connectivity index (χ4v) is 2.33. The van der Waals surface area contributed by atoms with E-state index in [1.807, 2.05) is 6.92 Å². The summed E-state index contributed by atoms with van der Waals surface area (Å²) in [5, 5.41) is 9.35. The lowest BCUT2D eigenvalue weighted by Gasteiger charge is -2.22. The number of carbonyl (C=O) groups excluding carboxylic acids is 1. The molecule has 1 saturated carbocycles. The molecule has 0 aromatic heterocycles. The lowest BCUT2D eigenvalue weighted by molar-refractivity contribution is -0.121. The van der Waals surface area contributed by atoms with Crippen LogP contribution in [-0.2, 0) is 4.79 Å². The molecule has 0 radical (unpaired) electrons. The largest absolute Gasteiger partial charge is 0.357 e. The van der Waals surface area contributed by atoms with Crippen LogP contribution in [0, 0.1) is 0 Å². The van der Waals surface area contributed by atoms with Gasteiger partial charge in [-0.05, 0) is 19.8 Å². The summed E-state index contributed by atoms with van der Waals surface area (Å²) < 4.78 is 0. The van der Waals surface area contributed by atoms with Crippen molar-refractivity contribution in [2.24, 2.45) is 4.99 Å². The summed E-state index contributed by atoms with van der Waals surface area (Å²) in [6.07, 6.45) is 8.25. The van der Waals surface area contributed by atoms with Crippen molar-refractivity contribution in [2.75, 3.05) is 19.6 Å². The number of hydrogen-bond acceptors (Lipinski definition) is 2. The summed E-state index contributed by atoms with van der Waals surface area (Å²) in [6.45, 7) is 7.65. The molecule has 6 heteroatoms. The Balaban J connectivity index is 0.00000400. The van der Waals surface area contributed by atoms with Crippen molar-refractivity contribution >= 4 is 35.8 Å². The Morgan fingerprint density at radius 3 is 2.62 bits per heavy atom. The fourth-order valence-electron chi connectivity index (χ4n) is 2.33. The summed E-state index contributed by atoms with van der Waals surface area (Å²) in [6, 6.07) is 0.382. The molecule has 1 rings (SSSR count). The normalized spacial score (nSPS) is 15.8. The van der Waals surface area contributed by atoms with Gasteiger partial charge in [0.15, 0.2) is 5.96 Å². The standard InChI is InChI=1S/C15H28N4O.HI/c1-3-11-17-15(16-4-2)18-12-10-14(20)19-13-8-6-5-7-9-13;/h3,13H,1,4-12H2,2H3,(H,19,20)(H2,16,17,18);1H. The van der Waals surface area contributed by atoms with E-state index in [0.717, 1.165) is 25.3 Å². The van der Waals surface area contributed by atoms with E-state index < -0.39 is 0 Å². The second-order valence-corrected chi connectivity index (χ2v) is 5.08. The van der Waals surface area contributed by atoms with Gasteiger partial charge in [0.1, 0.15) is 0 Å². The number of rotatable bonds is 7. The number of hydrogen-bond donors (Lipinski definition) is 3. The molecule has 1 aliphatic rings. The zero-order valence-corrected chi connectivity index (χ0v) is 15.3. The minimum atomic E-state index is 0. The highest BCUT2D eigenvalue weighted by atomic mass is 127. The van der Waals surface area contributed by atoms with E-state index in [1.165, 1.54) is 19.3 Å². The van der Waals surface area contributed by atoms with Crippen LogP contribution >= 0.6 is 24.0 Å². The third-order valence-corrected chi connectivity index (χ3v) is 3.34. The molecule has 0 aromatic rings. The quantitative estimate of drug-likeness (QED) is 0.262. The number of guanidine groups is 1. The van der Waals surface area contributed by atoms with Gasteiger partial charge >= 0.3 is 0 Å². The van der Waals surface area contributed by atoms with Gasteiger partial charge in [0.2, 0.25) is 5.91 Å². The Hall–Kier alpha value is -0.790. The van der Waals surface area contributed by atoms with E-state index in [1.54, 1.807) is 6.08 Å². The number of aliphatic imine (C=N–C) groups is 1. The molecule has 0 bridgehead atoms. The molecular formula is C15H29IN4O. The van der Waals surface area contributed by atoms with E-state index in [-0.39, 0.29) is 29.9 Å². The van der Waals surface area contributed by atoms with Crippen molar-refractivity contribution in [1.29, 1.82) is 0 Å². The first-order valence-electron chi connectivity index (χ1n) is 7.68. The second kappa shape index (κ2) is 12.9. The Morgan fingerprint density at radius 1 is 1.29 bits per heavy atom. The van der Waals surface area contributed by atoms with Crippen LogP contribution in [0.25, 0.3) is 0 Å². The molecule has 0 unspecified atom stereocenters. The first-order chi connectivity index (χ1) is 9.76.